The van der Waals surface area contributed by atoms with E-state index < -0.39 is 5.60 Å². The lowest BCUT2D eigenvalue weighted by Crippen LogP contribution is -2.37. The Morgan fingerprint density at radius 1 is 1.19 bits per heavy atom. The highest BCUT2D eigenvalue weighted by Gasteiger charge is 2.66. The van der Waals surface area contributed by atoms with Crippen LogP contribution in [0.25, 0.3) is 0 Å². The van der Waals surface area contributed by atoms with Crippen molar-refractivity contribution in [1.82, 2.24) is 0 Å². The topological polar surface area (TPSA) is 20.2 Å². The van der Waals surface area contributed by atoms with Crippen LogP contribution in [0.1, 0.15) is 46.5 Å². The fraction of sp³-hybridized carbons (Fsp3) is 0.867. The van der Waals surface area contributed by atoms with E-state index in [0.29, 0.717) is 17.3 Å². The number of fused-ring (bicyclic) bond motifs is 3. The fourth-order valence-corrected chi connectivity index (χ4v) is 4.86. The minimum absolute atomic E-state index is 0.437. The maximum Gasteiger partial charge on any atom is 0.0653 e. The van der Waals surface area contributed by atoms with Gasteiger partial charge in [0.1, 0.15) is 0 Å². The predicted octanol–water partition coefficient (Wildman–Crippen LogP) is 3.39. The van der Waals surface area contributed by atoms with E-state index in [1.165, 1.54) is 12.0 Å². The van der Waals surface area contributed by atoms with E-state index in [1.807, 2.05) is 0 Å². The van der Waals surface area contributed by atoms with Gasteiger partial charge in [-0.15, -0.1) is 0 Å². The van der Waals surface area contributed by atoms with Crippen LogP contribution in [0, 0.1) is 29.1 Å². The summed E-state index contributed by atoms with van der Waals surface area (Å²) in [5, 5.41) is 10.6. The van der Waals surface area contributed by atoms with Crippen molar-refractivity contribution in [3.05, 3.63) is 12.2 Å². The quantitative estimate of drug-likeness (QED) is 0.620. The monoisotopic (exact) mass is 220 g/mol. The highest BCUT2D eigenvalue weighted by atomic mass is 16.3. The van der Waals surface area contributed by atoms with E-state index in [9.17, 15) is 5.11 Å². The summed E-state index contributed by atoms with van der Waals surface area (Å²) in [6.45, 7) is 11.1. The number of allylic oxidation sites excluding steroid dienone is 1. The van der Waals surface area contributed by atoms with Gasteiger partial charge in [-0.1, -0.05) is 26.0 Å². The zero-order valence-corrected chi connectivity index (χ0v) is 10.8. The van der Waals surface area contributed by atoms with Crippen molar-refractivity contribution < 1.29 is 5.11 Å². The minimum atomic E-state index is -0.437. The molecule has 3 fully saturated rings. The molecule has 0 spiro atoms. The Morgan fingerprint density at radius 3 is 2.56 bits per heavy atom. The molecule has 0 aliphatic heterocycles. The molecule has 3 aliphatic rings. The fourth-order valence-electron chi connectivity index (χ4n) is 4.86. The lowest BCUT2D eigenvalue weighted by Gasteiger charge is -2.34. The maximum atomic E-state index is 10.6. The summed E-state index contributed by atoms with van der Waals surface area (Å²) in [4.78, 5) is 0. The van der Waals surface area contributed by atoms with Crippen LogP contribution < -0.4 is 0 Å². The van der Waals surface area contributed by atoms with Crippen molar-refractivity contribution in [2.24, 2.45) is 29.1 Å². The van der Waals surface area contributed by atoms with Crippen LogP contribution in [0.15, 0.2) is 12.2 Å². The van der Waals surface area contributed by atoms with E-state index in [1.54, 1.807) is 0 Å². The first-order chi connectivity index (χ1) is 7.36. The standard InChI is InChI=1S/C15H24O/c1-9-5-6-10-12(9)13-11(14(13,2)3)7-8-15(10,4)16/h10-13,16H,1,5-8H2,2-4H3/t10-,11-,12+,13+,15-/m0/s1. The molecule has 3 rings (SSSR count). The molecule has 16 heavy (non-hydrogen) atoms. The number of hydrogen-bond donors (Lipinski definition) is 1. The molecular weight excluding hydrogens is 196 g/mol. The van der Waals surface area contributed by atoms with Crippen molar-refractivity contribution in [3.63, 3.8) is 0 Å². The second kappa shape index (κ2) is 2.93. The number of aliphatic hydroxyl groups is 1. The van der Waals surface area contributed by atoms with Crippen LogP contribution >= 0.6 is 0 Å². The van der Waals surface area contributed by atoms with Gasteiger partial charge in [0.25, 0.3) is 0 Å². The molecule has 1 N–H and O–H groups in total. The Balaban J connectivity index is 1.97. The third-order valence-electron chi connectivity index (χ3n) is 5.97. The summed E-state index contributed by atoms with van der Waals surface area (Å²) in [5.74, 6) is 2.74. The van der Waals surface area contributed by atoms with E-state index in [-0.39, 0.29) is 0 Å². The van der Waals surface area contributed by atoms with Gasteiger partial charge in [-0.2, -0.15) is 0 Å². The van der Waals surface area contributed by atoms with Gasteiger partial charge in [0.2, 0.25) is 0 Å². The molecule has 0 saturated heterocycles. The van der Waals surface area contributed by atoms with Crippen molar-refractivity contribution in [3.8, 4) is 0 Å². The van der Waals surface area contributed by atoms with Gasteiger partial charge >= 0.3 is 0 Å². The van der Waals surface area contributed by atoms with Crippen molar-refractivity contribution >= 4 is 0 Å². The van der Waals surface area contributed by atoms with Crippen LogP contribution in [-0.2, 0) is 0 Å². The number of hydrogen-bond acceptors (Lipinski definition) is 1. The molecule has 0 radical (unpaired) electrons. The van der Waals surface area contributed by atoms with Gasteiger partial charge in [0, 0.05) is 0 Å². The Kier molecular flexibility index (Phi) is 1.98. The molecule has 90 valence electrons. The molecular formula is C15H24O. The maximum absolute atomic E-state index is 10.6. The molecule has 0 aromatic heterocycles. The zero-order valence-electron chi connectivity index (χ0n) is 10.8. The summed E-state index contributed by atoms with van der Waals surface area (Å²) in [6, 6.07) is 0. The molecule has 0 aromatic rings. The Morgan fingerprint density at radius 2 is 1.88 bits per heavy atom. The Labute approximate surface area is 98.9 Å². The lowest BCUT2D eigenvalue weighted by molar-refractivity contribution is -0.0229. The van der Waals surface area contributed by atoms with Crippen LogP contribution in [0.3, 0.4) is 0 Å². The molecule has 0 amide bonds. The largest absolute Gasteiger partial charge is 0.390 e. The van der Waals surface area contributed by atoms with E-state index in [2.05, 4.69) is 27.4 Å². The van der Waals surface area contributed by atoms with Gasteiger partial charge in [-0.25, -0.2) is 0 Å². The smallest absolute Gasteiger partial charge is 0.0653 e. The summed E-state index contributed by atoms with van der Waals surface area (Å²) in [5.41, 5.74) is 1.49. The van der Waals surface area contributed by atoms with Gasteiger partial charge in [0.15, 0.2) is 0 Å². The molecule has 5 atom stereocenters. The second-order valence-electron chi connectivity index (χ2n) is 7.18. The van der Waals surface area contributed by atoms with Crippen LogP contribution in [-0.4, -0.2) is 10.7 Å². The molecule has 1 heteroatoms. The molecule has 3 aliphatic carbocycles. The average molecular weight is 220 g/mol. The first-order valence-corrected chi connectivity index (χ1v) is 6.76. The summed E-state index contributed by atoms with van der Waals surface area (Å²) in [7, 11) is 0. The average Bonchev–Trinajstić information content (AvgIpc) is 2.51. The number of rotatable bonds is 0. The lowest BCUT2D eigenvalue weighted by atomic mass is 9.76. The first-order valence-electron chi connectivity index (χ1n) is 6.76. The van der Waals surface area contributed by atoms with E-state index >= 15 is 0 Å². The molecule has 1 nitrogen and oxygen atoms in total. The van der Waals surface area contributed by atoms with Gasteiger partial charge < -0.3 is 5.11 Å². The van der Waals surface area contributed by atoms with Crippen LogP contribution in [0.2, 0.25) is 0 Å². The molecule has 0 heterocycles. The van der Waals surface area contributed by atoms with Crippen LogP contribution in [0.5, 0.6) is 0 Å². The second-order valence-corrected chi connectivity index (χ2v) is 7.18. The highest BCUT2D eigenvalue weighted by Crippen LogP contribution is 2.70. The SMILES string of the molecule is C=C1CC[C@H]2[C@@H]1[C@H]1[C@H](CC[C@]2(C)O)C1(C)C. The summed E-state index contributed by atoms with van der Waals surface area (Å²) in [6.07, 6.45) is 4.51. The van der Waals surface area contributed by atoms with Crippen LogP contribution in [0.4, 0.5) is 0 Å². The molecule has 3 saturated carbocycles. The third-order valence-corrected chi connectivity index (χ3v) is 5.97. The zero-order chi connectivity index (χ0) is 11.7. The molecule has 0 bridgehead atoms. The Hall–Kier alpha value is -0.300. The Bertz CT molecular complexity index is 339. The minimum Gasteiger partial charge on any atom is -0.390 e. The van der Waals surface area contributed by atoms with E-state index in [0.717, 1.165) is 31.1 Å². The summed E-state index contributed by atoms with van der Waals surface area (Å²) < 4.78 is 0. The molecule has 0 aromatic carbocycles. The first kappa shape index (κ1) is 10.8. The van der Waals surface area contributed by atoms with Gasteiger partial charge in [0.05, 0.1) is 5.60 Å². The van der Waals surface area contributed by atoms with Gasteiger partial charge in [-0.05, 0) is 61.7 Å². The van der Waals surface area contributed by atoms with Crippen molar-refractivity contribution in [2.75, 3.05) is 0 Å². The normalized spacial score (nSPS) is 54.1. The van der Waals surface area contributed by atoms with Gasteiger partial charge in [-0.3, -0.25) is 0 Å². The molecule has 0 unspecified atom stereocenters. The third kappa shape index (κ3) is 1.21. The van der Waals surface area contributed by atoms with Crippen molar-refractivity contribution in [1.29, 1.82) is 0 Å². The van der Waals surface area contributed by atoms with E-state index in [4.69, 9.17) is 0 Å². The predicted molar refractivity (Wildman–Crippen MR) is 66.0 cm³/mol. The summed E-state index contributed by atoms with van der Waals surface area (Å²) >= 11 is 0. The highest BCUT2D eigenvalue weighted by molar-refractivity contribution is 5.24. The van der Waals surface area contributed by atoms with Crippen molar-refractivity contribution in [2.45, 2.75) is 52.1 Å².